The Balaban J connectivity index is 2.58. The van der Waals surface area contributed by atoms with Crippen LogP contribution in [0.1, 0.15) is 129 Å². The van der Waals surface area contributed by atoms with E-state index in [-0.39, 0.29) is 0 Å². The number of hydrogen-bond acceptors (Lipinski definition) is 1. The molecule has 2 atom stereocenters. The van der Waals surface area contributed by atoms with Gasteiger partial charge in [0.15, 0.2) is 0 Å². The van der Waals surface area contributed by atoms with Crippen molar-refractivity contribution in [2.75, 3.05) is 0 Å². The third-order valence-corrected chi connectivity index (χ3v) is 6.97. The van der Waals surface area contributed by atoms with Crippen molar-refractivity contribution in [1.82, 2.24) is 0 Å². The highest BCUT2D eigenvalue weighted by atomic mass is 16.4. The Morgan fingerprint density at radius 2 is 1.35 bits per heavy atom. The Morgan fingerprint density at radius 1 is 0.806 bits per heavy atom. The number of carboxylic acid groups (broad SMARTS) is 1. The lowest BCUT2D eigenvalue weighted by atomic mass is 9.71. The van der Waals surface area contributed by atoms with Gasteiger partial charge in [0, 0.05) is 0 Å². The minimum absolute atomic E-state index is 0.502. The summed E-state index contributed by atoms with van der Waals surface area (Å²) >= 11 is 0. The van der Waals surface area contributed by atoms with Crippen LogP contribution in [0.2, 0.25) is 0 Å². The molecule has 178 valence electrons. The maximum absolute atomic E-state index is 12.5. The minimum Gasteiger partial charge on any atom is -0.481 e. The highest BCUT2D eigenvalue weighted by Crippen LogP contribution is 2.39. The van der Waals surface area contributed by atoms with Crippen LogP contribution in [0.4, 0.5) is 0 Å². The first-order valence-corrected chi connectivity index (χ1v) is 13.3. The van der Waals surface area contributed by atoms with E-state index < -0.39 is 11.4 Å². The van der Waals surface area contributed by atoms with Crippen molar-refractivity contribution in [3.05, 3.63) is 35.9 Å². The summed E-state index contributed by atoms with van der Waals surface area (Å²) in [7, 11) is 0. The van der Waals surface area contributed by atoms with Gasteiger partial charge in [-0.25, -0.2) is 0 Å². The predicted molar refractivity (Wildman–Crippen MR) is 135 cm³/mol. The fourth-order valence-corrected chi connectivity index (χ4v) is 5.00. The van der Waals surface area contributed by atoms with E-state index in [1.165, 1.54) is 69.8 Å². The lowest BCUT2D eigenvalue weighted by Crippen LogP contribution is -2.33. The molecule has 0 aliphatic heterocycles. The van der Waals surface area contributed by atoms with Gasteiger partial charge in [-0.05, 0) is 43.6 Å². The maximum Gasteiger partial charge on any atom is 0.309 e. The normalized spacial score (nSPS) is 14.3. The minimum atomic E-state index is -0.543. The van der Waals surface area contributed by atoms with E-state index in [0.717, 1.165) is 44.9 Å². The van der Waals surface area contributed by atoms with E-state index in [1.807, 2.05) is 0 Å². The van der Waals surface area contributed by atoms with E-state index >= 15 is 0 Å². The van der Waals surface area contributed by atoms with Crippen molar-refractivity contribution in [3.63, 3.8) is 0 Å². The van der Waals surface area contributed by atoms with Gasteiger partial charge in [0.1, 0.15) is 0 Å². The monoisotopic (exact) mass is 430 g/mol. The molecular formula is C29H50O2. The number of aliphatic carboxylic acids is 1. The summed E-state index contributed by atoms with van der Waals surface area (Å²) in [5.41, 5.74) is 0.842. The second-order valence-electron chi connectivity index (χ2n) is 9.95. The summed E-state index contributed by atoms with van der Waals surface area (Å²) in [5.74, 6) is -0.0407. The molecule has 1 rings (SSSR count). The van der Waals surface area contributed by atoms with E-state index in [9.17, 15) is 9.90 Å². The summed E-state index contributed by atoms with van der Waals surface area (Å²) in [6.07, 6.45) is 19.4. The molecule has 0 bridgehead atoms. The first kappa shape index (κ1) is 27.7. The van der Waals surface area contributed by atoms with Gasteiger partial charge in [0.2, 0.25) is 0 Å². The van der Waals surface area contributed by atoms with Crippen LogP contribution in [0.3, 0.4) is 0 Å². The van der Waals surface area contributed by atoms with Gasteiger partial charge in [0.05, 0.1) is 5.41 Å². The van der Waals surface area contributed by atoms with Crippen LogP contribution in [0, 0.1) is 11.3 Å². The quantitative estimate of drug-likeness (QED) is 0.209. The van der Waals surface area contributed by atoms with Crippen LogP contribution in [-0.4, -0.2) is 11.1 Å². The number of hydrogen-bond donors (Lipinski definition) is 1. The summed E-state index contributed by atoms with van der Waals surface area (Å²) in [6, 6.07) is 10.6. The summed E-state index contributed by atoms with van der Waals surface area (Å²) in [5, 5.41) is 10.3. The fourth-order valence-electron chi connectivity index (χ4n) is 5.00. The molecule has 2 heteroatoms. The number of carbonyl (C=O) groups is 1. The molecule has 0 amide bonds. The summed E-state index contributed by atoms with van der Waals surface area (Å²) in [4.78, 5) is 12.5. The maximum atomic E-state index is 12.5. The number of carboxylic acids is 1. The molecule has 1 aromatic carbocycles. The fraction of sp³-hybridized carbons (Fsp3) is 0.759. The van der Waals surface area contributed by atoms with Gasteiger partial charge >= 0.3 is 5.97 Å². The molecule has 0 aliphatic rings. The molecule has 0 heterocycles. The molecule has 0 radical (unpaired) electrons. The van der Waals surface area contributed by atoms with Crippen LogP contribution in [-0.2, 0) is 11.2 Å². The number of benzene rings is 1. The zero-order valence-corrected chi connectivity index (χ0v) is 20.8. The van der Waals surface area contributed by atoms with E-state index in [0.29, 0.717) is 5.92 Å². The van der Waals surface area contributed by atoms with Gasteiger partial charge in [0.25, 0.3) is 0 Å². The second kappa shape index (κ2) is 17.3. The largest absolute Gasteiger partial charge is 0.481 e. The Morgan fingerprint density at radius 3 is 1.97 bits per heavy atom. The zero-order valence-electron chi connectivity index (χ0n) is 20.8. The van der Waals surface area contributed by atoms with Gasteiger partial charge < -0.3 is 5.11 Å². The van der Waals surface area contributed by atoms with E-state index in [4.69, 9.17) is 0 Å². The molecule has 0 aromatic heterocycles. The van der Waals surface area contributed by atoms with E-state index in [2.05, 4.69) is 51.1 Å². The first-order valence-electron chi connectivity index (χ1n) is 13.3. The summed E-state index contributed by atoms with van der Waals surface area (Å²) < 4.78 is 0. The number of unbranched alkanes of at least 4 members (excludes halogenated alkanes) is 9. The molecule has 0 fully saturated rings. The first-order chi connectivity index (χ1) is 15.0. The lowest BCUT2D eigenvalue weighted by molar-refractivity contribution is -0.151. The second-order valence-corrected chi connectivity index (χ2v) is 9.95. The van der Waals surface area contributed by atoms with Crippen LogP contribution in [0.25, 0.3) is 0 Å². The molecule has 1 aromatic rings. The zero-order chi connectivity index (χ0) is 22.8. The molecule has 0 saturated carbocycles. The van der Waals surface area contributed by atoms with Crippen molar-refractivity contribution in [2.45, 2.75) is 130 Å². The highest BCUT2D eigenvalue weighted by Gasteiger charge is 2.38. The topological polar surface area (TPSA) is 37.3 Å². The molecule has 1 N–H and O–H groups in total. The lowest BCUT2D eigenvalue weighted by Gasteiger charge is -2.32. The molecule has 0 aliphatic carbocycles. The molecule has 2 unspecified atom stereocenters. The van der Waals surface area contributed by atoms with E-state index in [1.54, 1.807) is 0 Å². The Kier molecular flexibility index (Phi) is 15.4. The van der Waals surface area contributed by atoms with Crippen molar-refractivity contribution in [1.29, 1.82) is 0 Å². The molecule has 0 spiro atoms. The average molecular weight is 431 g/mol. The molecule has 31 heavy (non-hydrogen) atoms. The van der Waals surface area contributed by atoms with Gasteiger partial charge in [-0.1, -0.05) is 128 Å². The number of aryl methyl sites for hydroxylation is 1. The third-order valence-electron chi connectivity index (χ3n) is 6.97. The Labute approximate surface area is 193 Å². The molecular weight excluding hydrogens is 380 g/mol. The smallest absolute Gasteiger partial charge is 0.309 e. The highest BCUT2D eigenvalue weighted by molar-refractivity contribution is 5.74. The predicted octanol–water partition coefficient (Wildman–Crippen LogP) is 9.22. The molecule has 0 saturated heterocycles. The Hall–Kier alpha value is -1.31. The van der Waals surface area contributed by atoms with Crippen LogP contribution in [0.5, 0.6) is 0 Å². The van der Waals surface area contributed by atoms with Crippen molar-refractivity contribution in [2.24, 2.45) is 11.3 Å². The third kappa shape index (κ3) is 12.3. The van der Waals surface area contributed by atoms with Crippen LogP contribution >= 0.6 is 0 Å². The van der Waals surface area contributed by atoms with Gasteiger partial charge in [-0.3, -0.25) is 4.79 Å². The van der Waals surface area contributed by atoms with Gasteiger partial charge in [-0.2, -0.15) is 0 Å². The standard InChI is InChI=1S/C29H50O2/c1-4-6-8-10-11-13-19-26(3)25-29(28(30)31,23-17-9-7-5-2)24-18-16-22-27-20-14-12-15-21-27/h12,14-15,20-21,26H,4-11,13,16-19,22-25H2,1-3H3,(H,30,31). The van der Waals surface area contributed by atoms with Crippen LogP contribution in [0.15, 0.2) is 30.3 Å². The van der Waals surface area contributed by atoms with Crippen molar-refractivity contribution >= 4 is 5.97 Å². The van der Waals surface area contributed by atoms with Crippen molar-refractivity contribution in [3.8, 4) is 0 Å². The number of rotatable bonds is 20. The summed E-state index contributed by atoms with van der Waals surface area (Å²) in [6.45, 7) is 6.77. The van der Waals surface area contributed by atoms with Gasteiger partial charge in [-0.15, -0.1) is 0 Å². The Bertz CT molecular complexity index is 553. The van der Waals surface area contributed by atoms with Crippen molar-refractivity contribution < 1.29 is 9.90 Å². The molecule has 2 nitrogen and oxygen atoms in total. The average Bonchev–Trinajstić information content (AvgIpc) is 2.77. The SMILES string of the molecule is CCCCCCCCC(C)CC(CCCCCC)(CCCCc1ccccc1)C(=O)O. The van der Waals surface area contributed by atoms with Crippen LogP contribution < -0.4 is 0 Å².